The second-order valence-corrected chi connectivity index (χ2v) is 8.92. The summed E-state index contributed by atoms with van der Waals surface area (Å²) in [5.74, 6) is 1.75. The van der Waals surface area contributed by atoms with Crippen molar-refractivity contribution in [2.24, 2.45) is 0 Å². The smallest absolute Gasteiger partial charge is 0.341 e. The summed E-state index contributed by atoms with van der Waals surface area (Å²) in [7, 11) is 0. The third-order valence-corrected chi connectivity index (χ3v) is 6.71. The molecule has 0 bridgehead atoms. The number of fused-ring (bicyclic) bond motifs is 3. The van der Waals surface area contributed by atoms with E-state index in [2.05, 4.69) is 26.2 Å². The van der Waals surface area contributed by atoms with Gasteiger partial charge in [0.05, 0.1) is 24.9 Å². The van der Waals surface area contributed by atoms with Gasteiger partial charge in [0.15, 0.2) is 11.5 Å². The van der Waals surface area contributed by atoms with E-state index in [1.54, 1.807) is 22.9 Å². The van der Waals surface area contributed by atoms with E-state index in [0.29, 0.717) is 30.5 Å². The molecule has 12 nitrogen and oxygen atoms in total. The van der Waals surface area contributed by atoms with Crippen LogP contribution in [0.5, 0.6) is 23.3 Å². The molecule has 2 fully saturated rings. The lowest BCUT2D eigenvalue weighted by Crippen LogP contribution is -2.45. The Bertz CT molecular complexity index is 1470. The van der Waals surface area contributed by atoms with Crippen molar-refractivity contribution in [1.29, 1.82) is 0 Å². The number of hydrogen-bond acceptors (Lipinski definition) is 9. The third-order valence-electron chi connectivity index (χ3n) is 6.71. The van der Waals surface area contributed by atoms with Crippen LogP contribution in [0.15, 0.2) is 60.7 Å². The average Bonchev–Trinajstić information content (AvgIpc) is 3.70. The zero-order valence-electron chi connectivity index (χ0n) is 19.4. The second kappa shape index (κ2) is 8.91. The Kier molecular flexibility index (Phi) is 5.26. The molecule has 4 unspecified atom stereocenters. The Morgan fingerprint density at radius 1 is 0.973 bits per heavy atom. The first-order valence-corrected chi connectivity index (χ1v) is 11.9. The zero-order chi connectivity index (χ0) is 24.8. The van der Waals surface area contributed by atoms with E-state index in [9.17, 15) is 4.79 Å². The lowest BCUT2D eigenvalue weighted by Gasteiger charge is -2.18. The topological polar surface area (TPSA) is 131 Å². The Morgan fingerprint density at radius 3 is 2.81 bits per heavy atom. The van der Waals surface area contributed by atoms with Crippen molar-refractivity contribution < 1.29 is 28.5 Å². The molecule has 0 aliphatic carbocycles. The largest absolute Gasteiger partial charge is 0.454 e. The highest BCUT2D eigenvalue weighted by Crippen LogP contribution is 2.38. The molecule has 2 amide bonds. The molecule has 188 valence electrons. The van der Waals surface area contributed by atoms with E-state index in [4.69, 9.17) is 23.7 Å². The van der Waals surface area contributed by atoms with Crippen molar-refractivity contribution in [1.82, 2.24) is 25.5 Å². The number of anilines is 1. The molecule has 4 aromatic rings. The quantitative estimate of drug-likeness (QED) is 0.423. The Labute approximate surface area is 210 Å². The van der Waals surface area contributed by atoms with Gasteiger partial charge in [-0.1, -0.05) is 41.5 Å². The molecule has 4 heterocycles. The molecule has 0 saturated carbocycles. The first kappa shape index (κ1) is 21.8. The monoisotopic (exact) mass is 502 g/mol. The molecule has 12 heteroatoms. The summed E-state index contributed by atoms with van der Waals surface area (Å²) in [6.07, 6.45) is -0.712. The van der Waals surface area contributed by atoms with Crippen molar-refractivity contribution in [2.45, 2.75) is 24.3 Å². The number of carbonyl (C=O) groups excluding carboxylic acids is 1. The number of nitrogens with one attached hydrogen (secondary N) is 2. The minimum atomic E-state index is -0.356. The van der Waals surface area contributed by atoms with Crippen LogP contribution in [0.1, 0.15) is 6.04 Å². The van der Waals surface area contributed by atoms with Crippen molar-refractivity contribution in [3.63, 3.8) is 0 Å². The van der Waals surface area contributed by atoms with Crippen molar-refractivity contribution >= 4 is 22.5 Å². The number of ether oxygens (including phenoxy) is 5. The van der Waals surface area contributed by atoms with Crippen LogP contribution in [0.3, 0.4) is 0 Å². The van der Waals surface area contributed by atoms with Crippen molar-refractivity contribution in [3.8, 4) is 23.3 Å². The number of urea groups is 1. The van der Waals surface area contributed by atoms with Gasteiger partial charge in [0.1, 0.15) is 24.0 Å². The second-order valence-electron chi connectivity index (χ2n) is 8.92. The van der Waals surface area contributed by atoms with Gasteiger partial charge in [-0.05, 0) is 34.0 Å². The number of nitrogens with zero attached hydrogens (tertiary/aromatic N) is 4. The van der Waals surface area contributed by atoms with E-state index in [-0.39, 0.29) is 43.1 Å². The number of benzene rings is 3. The SMILES string of the molecule is O=C(Nc1cccc2ccccc12)NC1COC2C1OCC2n1nnnc1Oc1ccc2c(c1)OCO2. The maximum absolute atomic E-state index is 12.8. The normalized spacial score (nSPS) is 23.7. The molecule has 3 aliphatic rings. The fourth-order valence-electron chi connectivity index (χ4n) is 4.98. The van der Waals surface area contributed by atoms with Crippen LogP contribution in [-0.2, 0) is 9.47 Å². The number of carbonyl (C=O) groups is 1. The van der Waals surface area contributed by atoms with E-state index in [1.807, 2.05) is 42.5 Å². The zero-order valence-corrected chi connectivity index (χ0v) is 19.4. The van der Waals surface area contributed by atoms with Crippen LogP contribution in [0, 0.1) is 0 Å². The predicted molar refractivity (Wildman–Crippen MR) is 129 cm³/mol. The summed E-state index contributed by atoms with van der Waals surface area (Å²) < 4.78 is 30.3. The molecule has 4 atom stereocenters. The predicted octanol–water partition coefficient (Wildman–Crippen LogP) is 2.88. The lowest BCUT2D eigenvalue weighted by molar-refractivity contribution is 0.0613. The number of tetrazole rings is 1. The molecular formula is C25H22N6O6. The minimum Gasteiger partial charge on any atom is -0.454 e. The van der Waals surface area contributed by atoms with Gasteiger partial charge in [0.2, 0.25) is 6.79 Å². The van der Waals surface area contributed by atoms with Crippen LogP contribution in [0.4, 0.5) is 10.5 Å². The van der Waals surface area contributed by atoms with E-state index < -0.39 is 0 Å². The van der Waals surface area contributed by atoms with E-state index in [1.165, 1.54) is 0 Å². The highest BCUT2D eigenvalue weighted by Gasteiger charge is 2.50. The molecule has 37 heavy (non-hydrogen) atoms. The fourth-order valence-corrected chi connectivity index (χ4v) is 4.98. The van der Waals surface area contributed by atoms with Crippen LogP contribution < -0.4 is 24.8 Å². The first-order chi connectivity index (χ1) is 18.2. The van der Waals surface area contributed by atoms with Crippen LogP contribution in [0.2, 0.25) is 0 Å². The maximum Gasteiger partial charge on any atom is 0.341 e. The lowest BCUT2D eigenvalue weighted by atomic mass is 10.1. The molecule has 2 N–H and O–H groups in total. The highest BCUT2D eigenvalue weighted by atomic mass is 16.7. The van der Waals surface area contributed by atoms with Gasteiger partial charge in [-0.25, -0.2) is 4.79 Å². The summed E-state index contributed by atoms with van der Waals surface area (Å²) in [6, 6.07) is 18.1. The summed E-state index contributed by atoms with van der Waals surface area (Å²) in [4.78, 5) is 12.8. The molecule has 0 radical (unpaired) electrons. The van der Waals surface area contributed by atoms with E-state index in [0.717, 1.165) is 16.5 Å². The molecule has 3 aromatic carbocycles. The Morgan fingerprint density at radius 2 is 1.84 bits per heavy atom. The highest BCUT2D eigenvalue weighted by molar-refractivity contribution is 6.01. The molecule has 0 spiro atoms. The average molecular weight is 502 g/mol. The Hall–Kier alpha value is -4.42. The Balaban J connectivity index is 1.03. The molecule has 1 aromatic heterocycles. The summed E-state index contributed by atoms with van der Waals surface area (Å²) >= 11 is 0. The van der Waals surface area contributed by atoms with Crippen LogP contribution in [0.25, 0.3) is 10.8 Å². The summed E-state index contributed by atoms with van der Waals surface area (Å²) in [5.41, 5.74) is 0.732. The van der Waals surface area contributed by atoms with Gasteiger partial charge >= 0.3 is 12.0 Å². The number of hydrogen-bond donors (Lipinski definition) is 2. The summed E-state index contributed by atoms with van der Waals surface area (Å²) in [5, 5.41) is 19.9. The molecular weight excluding hydrogens is 480 g/mol. The van der Waals surface area contributed by atoms with Gasteiger partial charge in [-0.15, -0.1) is 0 Å². The number of aromatic nitrogens is 4. The van der Waals surface area contributed by atoms with Gasteiger partial charge in [-0.2, -0.15) is 4.68 Å². The fraction of sp³-hybridized carbons (Fsp3) is 0.280. The van der Waals surface area contributed by atoms with Gasteiger partial charge in [0, 0.05) is 11.5 Å². The van der Waals surface area contributed by atoms with Gasteiger partial charge < -0.3 is 34.3 Å². The molecule has 3 aliphatic heterocycles. The summed E-state index contributed by atoms with van der Waals surface area (Å²) in [6.45, 7) is 0.780. The van der Waals surface area contributed by atoms with Gasteiger partial charge in [-0.3, -0.25) is 0 Å². The maximum atomic E-state index is 12.8. The first-order valence-electron chi connectivity index (χ1n) is 11.9. The van der Waals surface area contributed by atoms with Crippen LogP contribution >= 0.6 is 0 Å². The van der Waals surface area contributed by atoms with Crippen LogP contribution in [-0.4, -0.2) is 64.5 Å². The number of amides is 2. The number of rotatable bonds is 5. The van der Waals surface area contributed by atoms with Crippen molar-refractivity contribution in [3.05, 3.63) is 60.7 Å². The molecule has 7 rings (SSSR count). The van der Waals surface area contributed by atoms with Crippen molar-refractivity contribution in [2.75, 3.05) is 25.3 Å². The standard InChI is InChI=1S/C25H22N6O6/c32-24(26-17-7-3-5-14-4-1-2-6-16(14)17)27-18-11-33-23-19(12-34-22(18)23)31-25(28-29-30-31)37-15-8-9-20-21(10-15)36-13-35-20/h1-10,18-19,22-23H,11-13H2,(H2,26,27,32). The minimum absolute atomic E-state index is 0.172. The van der Waals surface area contributed by atoms with Gasteiger partial charge in [0.25, 0.3) is 0 Å². The third kappa shape index (κ3) is 3.96. The molecule has 2 saturated heterocycles. The van der Waals surface area contributed by atoms with E-state index >= 15 is 0 Å².